The maximum atomic E-state index is 12.5. The van der Waals surface area contributed by atoms with E-state index in [4.69, 9.17) is 32.4 Å². The fourth-order valence-corrected chi connectivity index (χ4v) is 3.46. The first-order valence-electron chi connectivity index (χ1n) is 8.90. The van der Waals surface area contributed by atoms with Crippen LogP contribution in [0.25, 0.3) is 11.3 Å². The first-order chi connectivity index (χ1) is 13.6. The maximum absolute atomic E-state index is 12.5. The summed E-state index contributed by atoms with van der Waals surface area (Å²) in [6, 6.07) is 16.3. The third-order valence-corrected chi connectivity index (χ3v) is 5.37. The molecule has 1 aromatic heterocycles. The number of nitrogens with zero attached hydrogens (tertiary/aromatic N) is 1. The minimum absolute atomic E-state index is 0.197. The number of anilines is 2. The molecule has 2 heterocycles. The fraction of sp³-hybridized carbons (Fsp3) is 0.190. The number of carbonyl (C=O) groups excluding carboxylic acids is 1. The van der Waals surface area contributed by atoms with E-state index in [1.165, 1.54) is 0 Å². The highest BCUT2D eigenvalue weighted by Crippen LogP contribution is 2.34. The number of halogens is 2. The molecule has 1 saturated heterocycles. The number of carbonyl (C=O) groups is 1. The Balaban J connectivity index is 1.45. The molecule has 1 fully saturated rings. The van der Waals surface area contributed by atoms with Crippen molar-refractivity contribution >= 4 is 40.5 Å². The van der Waals surface area contributed by atoms with Gasteiger partial charge < -0.3 is 19.4 Å². The van der Waals surface area contributed by atoms with Gasteiger partial charge in [0.05, 0.1) is 23.3 Å². The Kier molecular flexibility index (Phi) is 5.57. The molecule has 28 heavy (non-hydrogen) atoms. The van der Waals surface area contributed by atoms with Crippen molar-refractivity contribution in [2.24, 2.45) is 0 Å². The number of furan rings is 1. The molecule has 5 nitrogen and oxygen atoms in total. The molecular weight excluding hydrogens is 399 g/mol. The number of morpholine rings is 1. The summed E-state index contributed by atoms with van der Waals surface area (Å²) in [4.78, 5) is 14.8. The Morgan fingerprint density at radius 2 is 1.71 bits per heavy atom. The molecule has 0 spiro atoms. The normalized spacial score (nSPS) is 14.1. The second-order valence-corrected chi connectivity index (χ2v) is 7.15. The Labute approximate surface area is 172 Å². The van der Waals surface area contributed by atoms with Crippen molar-refractivity contribution in [2.45, 2.75) is 0 Å². The predicted octanol–water partition coefficient (Wildman–Crippen LogP) is 5.34. The van der Waals surface area contributed by atoms with E-state index in [-0.39, 0.29) is 11.7 Å². The van der Waals surface area contributed by atoms with Gasteiger partial charge >= 0.3 is 0 Å². The summed E-state index contributed by atoms with van der Waals surface area (Å²) >= 11 is 12.3. The first kappa shape index (κ1) is 18.9. The van der Waals surface area contributed by atoms with Crippen molar-refractivity contribution in [1.29, 1.82) is 0 Å². The standard InChI is InChI=1S/C21H18Cl2N2O3/c22-17-3-1-2-16(20(17)23)18-8-9-19(28-18)21(26)24-14-4-6-15(7-5-14)25-10-12-27-13-11-25/h1-9H,10-13H2,(H,24,26). The van der Waals surface area contributed by atoms with Gasteiger partial charge in [-0.1, -0.05) is 29.3 Å². The van der Waals surface area contributed by atoms with Crippen LogP contribution in [-0.2, 0) is 4.74 Å². The van der Waals surface area contributed by atoms with E-state index in [1.54, 1.807) is 30.3 Å². The van der Waals surface area contributed by atoms with Crippen LogP contribution < -0.4 is 10.2 Å². The van der Waals surface area contributed by atoms with Crippen molar-refractivity contribution in [3.8, 4) is 11.3 Å². The second-order valence-electron chi connectivity index (χ2n) is 6.37. The molecule has 0 atom stereocenters. The highest BCUT2D eigenvalue weighted by Gasteiger charge is 2.16. The molecule has 7 heteroatoms. The highest BCUT2D eigenvalue weighted by molar-refractivity contribution is 6.43. The van der Waals surface area contributed by atoms with Crippen LogP contribution in [0.3, 0.4) is 0 Å². The Hall–Kier alpha value is -2.47. The summed E-state index contributed by atoms with van der Waals surface area (Å²) in [6.07, 6.45) is 0. The third-order valence-electron chi connectivity index (χ3n) is 4.55. The van der Waals surface area contributed by atoms with Gasteiger partial charge in [0.1, 0.15) is 5.76 Å². The molecule has 2 aromatic carbocycles. The van der Waals surface area contributed by atoms with Crippen molar-refractivity contribution in [2.75, 3.05) is 36.5 Å². The summed E-state index contributed by atoms with van der Waals surface area (Å²) in [5.41, 5.74) is 2.45. The van der Waals surface area contributed by atoms with Crippen LogP contribution in [0, 0.1) is 0 Å². The predicted molar refractivity (Wildman–Crippen MR) is 112 cm³/mol. The van der Waals surface area contributed by atoms with Gasteiger partial charge in [0.15, 0.2) is 5.76 Å². The summed E-state index contributed by atoms with van der Waals surface area (Å²) in [5, 5.41) is 3.67. The van der Waals surface area contributed by atoms with E-state index < -0.39 is 0 Å². The smallest absolute Gasteiger partial charge is 0.291 e. The summed E-state index contributed by atoms with van der Waals surface area (Å²) in [7, 11) is 0. The zero-order valence-electron chi connectivity index (χ0n) is 15.0. The lowest BCUT2D eigenvalue weighted by Crippen LogP contribution is -2.36. The summed E-state index contributed by atoms with van der Waals surface area (Å²) < 4.78 is 11.1. The van der Waals surface area contributed by atoms with E-state index in [2.05, 4.69) is 10.2 Å². The second kappa shape index (κ2) is 8.27. The Morgan fingerprint density at radius 1 is 0.964 bits per heavy atom. The van der Waals surface area contributed by atoms with Crippen LogP contribution in [0.2, 0.25) is 10.0 Å². The fourth-order valence-electron chi connectivity index (χ4n) is 3.07. The number of rotatable bonds is 4. The number of hydrogen-bond donors (Lipinski definition) is 1. The van der Waals surface area contributed by atoms with Crippen LogP contribution in [0.15, 0.2) is 59.0 Å². The molecule has 0 unspecified atom stereocenters. The van der Waals surface area contributed by atoms with Crippen LogP contribution in [0.5, 0.6) is 0 Å². The molecule has 1 N–H and O–H groups in total. The van der Waals surface area contributed by atoms with Gasteiger partial charge in [0.2, 0.25) is 0 Å². The third kappa shape index (κ3) is 4.02. The van der Waals surface area contributed by atoms with Crippen LogP contribution in [0.1, 0.15) is 10.6 Å². The van der Waals surface area contributed by atoms with Crippen molar-refractivity contribution in [3.63, 3.8) is 0 Å². The molecule has 3 aromatic rings. The molecule has 0 aliphatic carbocycles. The van der Waals surface area contributed by atoms with Crippen LogP contribution in [0.4, 0.5) is 11.4 Å². The van der Waals surface area contributed by atoms with Crippen molar-refractivity contribution in [1.82, 2.24) is 0 Å². The SMILES string of the molecule is O=C(Nc1ccc(N2CCOCC2)cc1)c1ccc(-c2cccc(Cl)c2Cl)o1. The molecule has 0 bridgehead atoms. The first-order valence-corrected chi connectivity index (χ1v) is 9.66. The number of ether oxygens (including phenoxy) is 1. The minimum atomic E-state index is -0.330. The maximum Gasteiger partial charge on any atom is 0.291 e. The number of nitrogens with one attached hydrogen (secondary N) is 1. The number of benzene rings is 2. The summed E-state index contributed by atoms with van der Waals surface area (Å²) in [6.45, 7) is 3.20. The molecule has 0 saturated carbocycles. The zero-order chi connectivity index (χ0) is 19.5. The highest BCUT2D eigenvalue weighted by atomic mass is 35.5. The Morgan fingerprint density at radius 3 is 2.46 bits per heavy atom. The lowest BCUT2D eigenvalue weighted by Gasteiger charge is -2.28. The average molecular weight is 417 g/mol. The van der Waals surface area contributed by atoms with Crippen molar-refractivity contribution < 1.29 is 13.9 Å². The molecule has 144 valence electrons. The topological polar surface area (TPSA) is 54.7 Å². The largest absolute Gasteiger partial charge is 0.451 e. The number of amides is 1. The monoisotopic (exact) mass is 416 g/mol. The van der Waals surface area contributed by atoms with Gasteiger partial charge in [-0.2, -0.15) is 0 Å². The van der Waals surface area contributed by atoms with E-state index in [0.717, 1.165) is 32.0 Å². The van der Waals surface area contributed by atoms with Gasteiger partial charge in [0, 0.05) is 30.0 Å². The molecule has 1 aliphatic rings. The lowest BCUT2D eigenvalue weighted by molar-refractivity contribution is 0.0997. The van der Waals surface area contributed by atoms with E-state index in [0.29, 0.717) is 27.1 Å². The molecule has 1 aliphatic heterocycles. The molecule has 0 radical (unpaired) electrons. The number of hydrogen-bond acceptors (Lipinski definition) is 4. The van der Waals surface area contributed by atoms with Gasteiger partial charge in [-0.15, -0.1) is 0 Å². The van der Waals surface area contributed by atoms with E-state index in [9.17, 15) is 4.79 Å². The van der Waals surface area contributed by atoms with E-state index in [1.807, 2.05) is 24.3 Å². The van der Waals surface area contributed by atoms with Gasteiger partial charge in [0.25, 0.3) is 5.91 Å². The van der Waals surface area contributed by atoms with Gasteiger partial charge in [-0.3, -0.25) is 4.79 Å². The van der Waals surface area contributed by atoms with Gasteiger partial charge in [-0.05, 0) is 48.5 Å². The summed E-state index contributed by atoms with van der Waals surface area (Å²) in [5.74, 6) is 0.354. The van der Waals surface area contributed by atoms with Crippen molar-refractivity contribution in [3.05, 3.63) is 70.4 Å². The molecule has 4 rings (SSSR count). The lowest BCUT2D eigenvalue weighted by atomic mass is 10.2. The molecular formula is C21H18Cl2N2O3. The van der Waals surface area contributed by atoms with Crippen LogP contribution >= 0.6 is 23.2 Å². The quantitative estimate of drug-likeness (QED) is 0.623. The minimum Gasteiger partial charge on any atom is -0.451 e. The van der Waals surface area contributed by atoms with Crippen LogP contribution in [-0.4, -0.2) is 32.2 Å². The van der Waals surface area contributed by atoms with Gasteiger partial charge in [-0.25, -0.2) is 0 Å². The Bertz CT molecular complexity index is 980. The zero-order valence-corrected chi connectivity index (χ0v) is 16.5. The molecule has 1 amide bonds. The average Bonchev–Trinajstić information content (AvgIpc) is 3.21. The van der Waals surface area contributed by atoms with E-state index >= 15 is 0 Å².